The molecule has 0 saturated carbocycles. The minimum absolute atomic E-state index is 0.173. The van der Waals surface area contributed by atoms with Gasteiger partial charge in [-0.15, -0.1) is 4.39 Å². The molecule has 4 rings (SSSR count). The van der Waals surface area contributed by atoms with Crippen LogP contribution in [0.5, 0.6) is 0 Å². The minimum atomic E-state index is -0.491. The lowest BCUT2D eigenvalue weighted by atomic mass is 10.1. The molecule has 0 atom stereocenters. The summed E-state index contributed by atoms with van der Waals surface area (Å²) in [7, 11) is 13.1. The van der Waals surface area contributed by atoms with Crippen LogP contribution >= 0.6 is 21.6 Å². The van der Waals surface area contributed by atoms with E-state index in [0.29, 0.717) is 25.9 Å². The fourth-order valence-corrected chi connectivity index (χ4v) is 8.08. The number of hydrogen-bond donors (Lipinski definition) is 0. The van der Waals surface area contributed by atoms with Gasteiger partial charge in [-0.2, -0.15) is 8.96 Å². The molecular weight excluding hydrogens is 759 g/mol. The molecule has 2 aromatic carbocycles. The van der Waals surface area contributed by atoms with Crippen molar-refractivity contribution >= 4 is 69.1 Å². The Hall–Kier alpha value is -4.68. The first-order chi connectivity index (χ1) is 27.5. The molecule has 2 heterocycles. The Balaban J connectivity index is 0.987. The zero-order valence-corrected chi connectivity index (χ0v) is 35.6. The maximum atomic E-state index is 13.8. The first-order valence-electron chi connectivity index (χ1n) is 19.5. The number of pyridine rings is 2. The minimum Gasteiger partial charge on any atom is -0.375 e. The van der Waals surface area contributed by atoms with Crippen LogP contribution in [-0.4, -0.2) is 92.5 Å². The third-order valence-corrected chi connectivity index (χ3v) is 12.2. The third-order valence-electron chi connectivity index (χ3n) is 9.61. The Bertz CT molecular complexity index is 1910. The van der Waals surface area contributed by atoms with E-state index in [1.807, 2.05) is 66.4 Å². The molecule has 0 spiro atoms. The molecule has 0 aliphatic heterocycles. The van der Waals surface area contributed by atoms with Crippen molar-refractivity contribution in [3.8, 4) is 0 Å². The molecule has 0 fully saturated rings. The first-order valence-corrected chi connectivity index (χ1v) is 21.9. The van der Waals surface area contributed by atoms with Crippen LogP contribution in [0.15, 0.2) is 85.2 Å². The van der Waals surface area contributed by atoms with Gasteiger partial charge in [0, 0.05) is 114 Å². The molecule has 0 unspecified atom stereocenters. The van der Waals surface area contributed by atoms with Crippen LogP contribution < -0.4 is 14.4 Å². The fourth-order valence-electron chi connectivity index (χ4n) is 5.91. The van der Waals surface area contributed by atoms with Gasteiger partial charge < -0.3 is 19.6 Å². The highest BCUT2D eigenvalue weighted by Gasteiger charge is 2.11. The van der Waals surface area contributed by atoms with Crippen molar-refractivity contribution in [2.75, 3.05) is 75.7 Å². The van der Waals surface area contributed by atoms with Gasteiger partial charge in [0.25, 0.3) is 0 Å². The summed E-state index contributed by atoms with van der Waals surface area (Å²) in [6.07, 6.45) is 15.4. The molecule has 0 bridgehead atoms. The van der Waals surface area contributed by atoms with Crippen molar-refractivity contribution in [1.82, 2.24) is 14.8 Å². The summed E-state index contributed by atoms with van der Waals surface area (Å²) >= 11 is 0. The van der Waals surface area contributed by atoms with Crippen molar-refractivity contribution in [1.29, 1.82) is 0 Å². The van der Waals surface area contributed by atoms with E-state index in [-0.39, 0.29) is 17.8 Å². The number of carbonyl (C=O) groups is 2. The molecule has 304 valence electrons. The number of aryl methyl sites for hydroxylation is 1. The fraction of sp³-hybridized carbons (Fsp3) is 0.378. The predicted octanol–water partition coefficient (Wildman–Crippen LogP) is 8.74. The predicted molar refractivity (Wildman–Crippen MR) is 237 cm³/mol. The summed E-state index contributed by atoms with van der Waals surface area (Å²) in [4.78, 5) is 37.0. The third kappa shape index (κ3) is 16.4. The van der Waals surface area contributed by atoms with E-state index in [1.165, 1.54) is 22.9 Å². The molecule has 57 heavy (non-hydrogen) atoms. The maximum absolute atomic E-state index is 13.8. The number of carbonyl (C=O) groups excluding carboxylic acids is 2. The number of anilines is 2. The average Bonchev–Trinajstić information content (AvgIpc) is 3.21. The van der Waals surface area contributed by atoms with Gasteiger partial charge in [0.15, 0.2) is 6.20 Å². The van der Waals surface area contributed by atoms with Gasteiger partial charge in [-0.05, 0) is 78.3 Å². The largest absolute Gasteiger partial charge is 0.375 e. The SMILES string of the molecule is CN(CCCN(C)c1ccc(/C=C/c2ccnc(F)c2)cc1)C(=O)CCCSSCCCC(=O)N(C)CCCN(C)c1ccc(/C=C/c2cc[n+](C)c(F)c2)cc1. The monoisotopic (exact) mass is 815 g/mol. The summed E-state index contributed by atoms with van der Waals surface area (Å²) in [6.45, 7) is 3.09. The van der Waals surface area contributed by atoms with Crippen LogP contribution in [0.2, 0.25) is 0 Å². The molecule has 8 nitrogen and oxygen atoms in total. The van der Waals surface area contributed by atoms with Crippen molar-refractivity contribution in [2.45, 2.75) is 38.5 Å². The molecular formula is C45H57F2N6O2S2+. The second-order valence-electron chi connectivity index (χ2n) is 14.2. The standard InChI is InChI=1S/C45H57F2N6O2S2/c1-49(40-20-16-36(17-21-40)12-14-38-24-26-48-42(46)34-38)27-8-29-52(4)44(54)10-6-32-56-57-33-7-11-45(55)53(5)30-9-28-50(2)41-22-18-37(19-23-41)13-15-39-25-31-51(3)43(47)35-39/h12-26,31,34-35H,6-11,27-30,32-33H2,1-5H3/q+1/b14-12+. The van der Waals surface area contributed by atoms with E-state index in [2.05, 4.69) is 65.3 Å². The lowest BCUT2D eigenvalue weighted by Gasteiger charge is -2.22. The zero-order valence-electron chi connectivity index (χ0n) is 33.9. The lowest BCUT2D eigenvalue weighted by molar-refractivity contribution is -0.700. The number of rotatable bonds is 23. The van der Waals surface area contributed by atoms with Crippen molar-refractivity contribution < 1.29 is 22.9 Å². The summed E-state index contributed by atoms with van der Waals surface area (Å²) in [5.41, 5.74) is 5.86. The van der Waals surface area contributed by atoms with Gasteiger partial charge in [-0.3, -0.25) is 9.59 Å². The molecule has 2 amide bonds. The zero-order chi connectivity index (χ0) is 41.0. The second kappa shape index (κ2) is 24.2. The maximum Gasteiger partial charge on any atom is 0.359 e. The van der Waals surface area contributed by atoms with Crippen LogP contribution in [0.1, 0.15) is 60.8 Å². The highest BCUT2D eigenvalue weighted by molar-refractivity contribution is 8.76. The average molecular weight is 816 g/mol. The first kappa shape index (κ1) is 45.0. The highest BCUT2D eigenvalue weighted by Crippen LogP contribution is 2.24. The lowest BCUT2D eigenvalue weighted by Crippen LogP contribution is -2.32. The number of halogens is 2. The van der Waals surface area contributed by atoms with Gasteiger partial charge >= 0.3 is 5.95 Å². The van der Waals surface area contributed by atoms with Crippen LogP contribution in [0, 0.1) is 11.9 Å². The molecule has 0 aliphatic rings. The Morgan fingerprint density at radius 1 is 0.614 bits per heavy atom. The number of hydrogen-bond acceptors (Lipinski definition) is 7. The molecule has 0 radical (unpaired) electrons. The Morgan fingerprint density at radius 2 is 1.07 bits per heavy atom. The van der Waals surface area contributed by atoms with Crippen molar-refractivity contribution in [3.63, 3.8) is 0 Å². The molecule has 12 heteroatoms. The number of nitrogens with zero attached hydrogens (tertiary/aromatic N) is 6. The van der Waals surface area contributed by atoms with E-state index in [0.717, 1.165) is 83.9 Å². The van der Waals surface area contributed by atoms with E-state index in [9.17, 15) is 18.4 Å². The van der Waals surface area contributed by atoms with Gasteiger partial charge in [0.1, 0.15) is 7.05 Å². The molecule has 0 saturated heterocycles. The molecule has 0 N–H and O–H groups in total. The highest BCUT2D eigenvalue weighted by atomic mass is 33.1. The van der Waals surface area contributed by atoms with E-state index in [1.54, 1.807) is 40.9 Å². The van der Waals surface area contributed by atoms with Crippen LogP contribution in [0.25, 0.3) is 24.3 Å². The summed E-state index contributed by atoms with van der Waals surface area (Å²) < 4.78 is 28.5. The molecule has 4 aromatic rings. The van der Waals surface area contributed by atoms with Crippen molar-refractivity contribution in [3.05, 3.63) is 119 Å². The Kier molecular flexibility index (Phi) is 19.1. The van der Waals surface area contributed by atoms with Crippen molar-refractivity contribution in [2.24, 2.45) is 7.05 Å². The second-order valence-corrected chi connectivity index (χ2v) is 16.9. The van der Waals surface area contributed by atoms with E-state index >= 15 is 0 Å². The smallest absolute Gasteiger partial charge is 0.359 e. The molecule has 0 aliphatic carbocycles. The van der Waals surface area contributed by atoms with Crippen LogP contribution in [0.4, 0.5) is 20.2 Å². The van der Waals surface area contributed by atoms with Gasteiger partial charge in [-0.25, -0.2) is 4.98 Å². The van der Waals surface area contributed by atoms with Crippen LogP contribution in [-0.2, 0) is 16.6 Å². The summed E-state index contributed by atoms with van der Waals surface area (Å²) in [6, 6.07) is 23.0. The Labute approximate surface area is 346 Å². The summed E-state index contributed by atoms with van der Waals surface area (Å²) in [5.74, 6) is 1.40. The van der Waals surface area contributed by atoms with Gasteiger partial charge in [-0.1, -0.05) is 70.2 Å². The van der Waals surface area contributed by atoms with E-state index in [4.69, 9.17) is 0 Å². The number of aromatic nitrogens is 2. The van der Waals surface area contributed by atoms with E-state index < -0.39 is 5.95 Å². The normalized spacial score (nSPS) is 11.4. The van der Waals surface area contributed by atoms with Gasteiger partial charge in [0.2, 0.25) is 17.8 Å². The topological polar surface area (TPSA) is 63.9 Å². The quantitative estimate of drug-likeness (QED) is 0.0321. The number of benzene rings is 2. The van der Waals surface area contributed by atoms with Gasteiger partial charge in [0.05, 0.1) is 0 Å². The Morgan fingerprint density at radius 3 is 1.53 bits per heavy atom. The molecule has 2 aromatic heterocycles. The van der Waals surface area contributed by atoms with Crippen LogP contribution in [0.3, 0.4) is 0 Å². The summed E-state index contributed by atoms with van der Waals surface area (Å²) in [5, 5.41) is 0. The number of amides is 2.